The highest BCUT2D eigenvalue weighted by molar-refractivity contribution is 5.79. The SMILES string of the molecule is CCCNC(=NC)NCCCOC(C)c1ccccc1. The van der Waals surface area contributed by atoms with E-state index >= 15 is 0 Å². The third-order valence-corrected chi connectivity index (χ3v) is 3.02. The lowest BCUT2D eigenvalue weighted by Gasteiger charge is -2.14. The molecule has 0 aliphatic rings. The number of ether oxygens (including phenoxy) is 1. The van der Waals surface area contributed by atoms with Gasteiger partial charge in [0.1, 0.15) is 0 Å². The van der Waals surface area contributed by atoms with Crippen molar-refractivity contribution in [2.45, 2.75) is 32.8 Å². The number of guanidine groups is 1. The van der Waals surface area contributed by atoms with Gasteiger partial charge in [-0.15, -0.1) is 0 Å². The Morgan fingerprint density at radius 3 is 2.55 bits per heavy atom. The highest BCUT2D eigenvalue weighted by Crippen LogP contribution is 2.15. The van der Waals surface area contributed by atoms with Crippen LogP contribution in [0.5, 0.6) is 0 Å². The number of aliphatic imine (C=N–C) groups is 1. The predicted molar refractivity (Wildman–Crippen MR) is 85.1 cm³/mol. The van der Waals surface area contributed by atoms with Crippen LogP contribution in [0.3, 0.4) is 0 Å². The van der Waals surface area contributed by atoms with Crippen LogP contribution < -0.4 is 10.6 Å². The van der Waals surface area contributed by atoms with E-state index in [1.165, 1.54) is 5.56 Å². The van der Waals surface area contributed by atoms with Crippen molar-refractivity contribution < 1.29 is 4.74 Å². The average Bonchev–Trinajstić information content (AvgIpc) is 2.50. The van der Waals surface area contributed by atoms with Crippen LogP contribution in [-0.4, -0.2) is 32.7 Å². The van der Waals surface area contributed by atoms with Gasteiger partial charge >= 0.3 is 0 Å². The summed E-state index contributed by atoms with van der Waals surface area (Å²) in [6.07, 6.45) is 2.20. The lowest BCUT2D eigenvalue weighted by Crippen LogP contribution is -2.38. The highest BCUT2D eigenvalue weighted by atomic mass is 16.5. The molecule has 0 bridgehead atoms. The van der Waals surface area contributed by atoms with Gasteiger partial charge in [0.25, 0.3) is 0 Å². The smallest absolute Gasteiger partial charge is 0.190 e. The molecule has 4 heteroatoms. The zero-order chi connectivity index (χ0) is 14.6. The van der Waals surface area contributed by atoms with Gasteiger partial charge < -0.3 is 15.4 Å². The molecule has 0 aromatic heterocycles. The van der Waals surface area contributed by atoms with Gasteiger partial charge in [-0.1, -0.05) is 37.3 Å². The first-order valence-corrected chi connectivity index (χ1v) is 7.39. The van der Waals surface area contributed by atoms with E-state index in [0.717, 1.165) is 38.5 Å². The Kier molecular flexibility index (Phi) is 8.47. The largest absolute Gasteiger partial charge is 0.374 e. The minimum atomic E-state index is 0.147. The van der Waals surface area contributed by atoms with E-state index < -0.39 is 0 Å². The summed E-state index contributed by atoms with van der Waals surface area (Å²) in [5.41, 5.74) is 1.22. The summed E-state index contributed by atoms with van der Waals surface area (Å²) >= 11 is 0. The van der Waals surface area contributed by atoms with Crippen LogP contribution in [0, 0.1) is 0 Å². The van der Waals surface area contributed by atoms with Crippen molar-refractivity contribution in [3.63, 3.8) is 0 Å². The molecule has 0 saturated carbocycles. The second-order valence-electron chi connectivity index (χ2n) is 4.70. The third kappa shape index (κ3) is 6.57. The molecule has 1 unspecified atom stereocenters. The Labute approximate surface area is 122 Å². The average molecular weight is 277 g/mol. The monoisotopic (exact) mass is 277 g/mol. The standard InChI is InChI=1S/C16H27N3O/c1-4-11-18-16(17-3)19-12-8-13-20-14(2)15-9-6-5-7-10-15/h5-7,9-10,14H,4,8,11-13H2,1-3H3,(H2,17,18,19). The molecule has 1 atom stereocenters. The number of rotatable bonds is 8. The zero-order valence-corrected chi connectivity index (χ0v) is 12.9. The van der Waals surface area contributed by atoms with Crippen molar-refractivity contribution in [2.75, 3.05) is 26.7 Å². The quantitative estimate of drug-likeness (QED) is 0.436. The van der Waals surface area contributed by atoms with Crippen molar-refractivity contribution in [2.24, 2.45) is 4.99 Å². The fourth-order valence-electron chi connectivity index (χ4n) is 1.82. The van der Waals surface area contributed by atoms with Gasteiger partial charge in [0, 0.05) is 26.7 Å². The van der Waals surface area contributed by atoms with Crippen molar-refractivity contribution in [3.05, 3.63) is 35.9 Å². The molecule has 0 radical (unpaired) electrons. The normalized spacial score (nSPS) is 13.1. The number of nitrogens with one attached hydrogen (secondary N) is 2. The van der Waals surface area contributed by atoms with Crippen molar-refractivity contribution in [1.29, 1.82) is 0 Å². The van der Waals surface area contributed by atoms with Crippen LogP contribution in [0.1, 0.15) is 38.4 Å². The van der Waals surface area contributed by atoms with Gasteiger partial charge in [-0.3, -0.25) is 4.99 Å². The molecule has 0 fully saturated rings. The van der Waals surface area contributed by atoms with Crippen LogP contribution in [0.4, 0.5) is 0 Å². The molecule has 112 valence electrons. The molecule has 0 aliphatic carbocycles. The molecule has 2 N–H and O–H groups in total. The number of benzene rings is 1. The van der Waals surface area contributed by atoms with Gasteiger partial charge in [0.2, 0.25) is 0 Å². The van der Waals surface area contributed by atoms with E-state index in [4.69, 9.17) is 4.74 Å². The van der Waals surface area contributed by atoms with Crippen LogP contribution in [0.15, 0.2) is 35.3 Å². The molecular formula is C16H27N3O. The minimum Gasteiger partial charge on any atom is -0.374 e. The van der Waals surface area contributed by atoms with E-state index in [-0.39, 0.29) is 6.10 Å². The Morgan fingerprint density at radius 2 is 1.90 bits per heavy atom. The molecule has 4 nitrogen and oxygen atoms in total. The maximum absolute atomic E-state index is 5.82. The highest BCUT2D eigenvalue weighted by Gasteiger charge is 2.04. The molecule has 0 aliphatic heterocycles. The minimum absolute atomic E-state index is 0.147. The summed E-state index contributed by atoms with van der Waals surface area (Å²) in [5.74, 6) is 0.864. The van der Waals surface area contributed by atoms with Gasteiger partial charge in [-0.2, -0.15) is 0 Å². The lowest BCUT2D eigenvalue weighted by atomic mass is 10.1. The lowest BCUT2D eigenvalue weighted by molar-refractivity contribution is 0.0646. The fraction of sp³-hybridized carbons (Fsp3) is 0.562. The third-order valence-electron chi connectivity index (χ3n) is 3.02. The predicted octanol–water partition coefficient (Wildman–Crippen LogP) is 2.73. The second kappa shape index (κ2) is 10.3. The topological polar surface area (TPSA) is 45.7 Å². The maximum Gasteiger partial charge on any atom is 0.190 e. The van der Waals surface area contributed by atoms with Gasteiger partial charge in [0.15, 0.2) is 5.96 Å². The van der Waals surface area contributed by atoms with Gasteiger partial charge in [-0.25, -0.2) is 0 Å². The summed E-state index contributed by atoms with van der Waals surface area (Å²) in [5, 5.41) is 6.52. The molecule has 0 spiro atoms. The van der Waals surface area contributed by atoms with E-state index in [2.05, 4.69) is 41.6 Å². The van der Waals surface area contributed by atoms with E-state index in [1.54, 1.807) is 7.05 Å². The first-order valence-electron chi connectivity index (χ1n) is 7.39. The van der Waals surface area contributed by atoms with Crippen molar-refractivity contribution in [3.8, 4) is 0 Å². The second-order valence-corrected chi connectivity index (χ2v) is 4.70. The number of hydrogen-bond acceptors (Lipinski definition) is 2. The van der Waals surface area contributed by atoms with Crippen molar-refractivity contribution >= 4 is 5.96 Å². The summed E-state index contributed by atoms with van der Waals surface area (Å²) in [7, 11) is 1.79. The molecule has 1 rings (SSSR count). The summed E-state index contributed by atoms with van der Waals surface area (Å²) in [4.78, 5) is 4.16. The number of hydrogen-bond donors (Lipinski definition) is 2. The van der Waals surface area contributed by atoms with E-state index in [0.29, 0.717) is 0 Å². The van der Waals surface area contributed by atoms with Gasteiger partial charge in [-0.05, 0) is 25.3 Å². The Balaban J connectivity index is 2.13. The van der Waals surface area contributed by atoms with Crippen LogP contribution in [0.25, 0.3) is 0 Å². The zero-order valence-electron chi connectivity index (χ0n) is 12.9. The molecule has 0 saturated heterocycles. The van der Waals surface area contributed by atoms with Crippen LogP contribution >= 0.6 is 0 Å². The molecule has 0 heterocycles. The molecule has 1 aromatic rings. The van der Waals surface area contributed by atoms with E-state index in [9.17, 15) is 0 Å². The van der Waals surface area contributed by atoms with Crippen LogP contribution in [-0.2, 0) is 4.74 Å². The first-order chi connectivity index (χ1) is 9.77. The molecule has 0 amide bonds. The van der Waals surface area contributed by atoms with E-state index in [1.807, 2.05) is 18.2 Å². The molecule has 20 heavy (non-hydrogen) atoms. The van der Waals surface area contributed by atoms with Crippen molar-refractivity contribution in [1.82, 2.24) is 10.6 Å². The Hall–Kier alpha value is -1.55. The summed E-state index contributed by atoms with van der Waals surface area (Å²) in [6, 6.07) is 10.3. The summed E-state index contributed by atoms with van der Waals surface area (Å²) < 4.78 is 5.82. The fourth-order valence-corrected chi connectivity index (χ4v) is 1.82. The Morgan fingerprint density at radius 1 is 1.20 bits per heavy atom. The first kappa shape index (κ1) is 16.5. The Bertz CT molecular complexity index is 379. The maximum atomic E-state index is 5.82. The summed E-state index contributed by atoms with van der Waals surface area (Å²) in [6.45, 7) is 6.78. The van der Waals surface area contributed by atoms with Gasteiger partial charge in [0.05, 0.1) is 6.10 Å². The van der Waals surface area contributed by atoms with Crippen LogP contribution in [0.2, 0.25) is 0 Å². The number of nitrogens with zero attached hydrogens (tertiary/aromatic N) is 1. The molecule has 1 aromatic carbocycles. The molecular weight excluding hydrogens is 250 g/mol.